The molecule has 158 valence electrons. The maximum absolute atomic E-state index is 13.7. The zero-order chi connectivity index (χ0) is 21.4. The highest BCUT2D eigenvalue weighted by atomic mass is 32.1. The van der Waals surface area contributed by atoms with Crippen LogP contribution in [0.3, 0.4) is 0 Å². The Bertz CT molecular complexity index is 1230. The van der Waals surface area contributed by atoms with Crippen molar-refractivity contribution in [3.8, 4) is 0 Å². The lowest BCUT2D eigenvalue weighted by Gasteiger charge is -2.32. The molecule has 1 aromatic carbocycles. The molecule has 1 aliphatic rings. The largest absolute Gasteiger partial charge is 0.364 e. The number of benzene rings is 1. The molecule has 0 bridgehead atoms. The summed E-state index contributed by atoms with van der Waals surface area (Å²) >= 11 is 1.40. The van der Waals surface area contributed by atoms with Crippen molar-refractivity contribution in [3.05, 3.63) is 66.0 Å². The van der Waals surface area contributed by atoms with E-state index < -0.39 is 5.91 Å². The molecule has 5 rings (SSSR count). The van der Waals surface area contributed by atoms with Gasteiger partial charge < -0.3 is 15.2 Å². The van der Waals surface area contributed by atoms with E-state index in [0.29, 0.717) is 6.54 Å². The van der Waals surface area contributed by atoms with Crippen LogP contribution in [0.25, 0.3) is 10.9 Å². The number of primary amides is 1. The molecule has 8 nitrogen and oxygen atoms in total. The van der Waals surface area contributed by atoms with E-state index >= 15 is 0 Å². The van der Waals surface area contributed by atoms with E-state index in [-0.39, 0.29) is 17.4 Å². The summed E-state index contributed by atoms with van der Waals surface area (Å²) in [6.07, 6.45) is 8.36. The second-order valence-corrected chi connectivity index (χ2v) is 8.34. The van der Waals surface area contributed by atoms with Gasteiger partial charge >= 0.3 is 0 Å². The fourth-order valence-corrected chi connectivity index (χ4v) is 4.96. The lowest BCUT2D eigenvalue weighted by Crippen LogP contribution is -2.33. The van der Waals surface area contributed by atoms with Crippen LogP contribution in [0.15, 0.2) is 43.0 Å². The molecule has 1 fully saturated rings. The fourth-order valence-electron chi connectivity index (χ4n) is 4.06. The molecule has 0 unspecified atom stereocenters. The highest BCUT2D eigenvalue weighted by molar-refractivity contribution is 7.11. The first-order chi connectivity index (χ1) is 15.1. The van der Waals surface area contributed by atoms with E-state index in [4.69, 9.17) is 5.73 Å². The van der Waals surface area contributed by atoms with Crippen LogP contribution in [-0.2, 0) is 6.54 Å². The number of carbonyl (C=O) groups excluding carboxylic acids is 1. The third kappa shape index (κ3) is 3.86. The molecule has 4 heterocycles. The minimum absolute atomic E-state index is 0.178. The number of imidazole rings is 1. The SMILES string of the molecule is NC(=O)c1cn(Cc2cnccn2)c(C2CCN(c3snc4ccc(F)cc34)CC2)n1. The van der Waals surface area contributed by atoms with Gasteiger partial charge in [0.2, 0.25) is 0 Å². The molecular formula is C21H20FN7OS. The molecule has 10 heteroatoms. The topological polar surface area (TPSA) is 103 Å². The first kappa shape index (κ1) is 19.6. The van der Waals surface area contributed by atoms with Crippen molar-refractivity contribution in [2.24, 2.45) is 5.73 Å². The molecule has 2 N–H and O–H groups in total. The van der Waals surface area contributed by atoms with Crippen LogP contribution in [-0.4, -0.2) is 42.9 Å². The maximum Gasteiger partial charge on any atom is 0.268 e. The Morgan fingerprint density at radius 1 is 1.26 bits per heavy atom. The smallest absolute Gasteiger partial charge is 0.268 e. The van der Waals surface area contributed by atoms with Gasteiger partial charge in [-0.05, 0) is 42.6 Å². The summed E-state index contributed by atoms with van der Waals surface area (Å²) < 4.78 is 20.1. The minimum atomic E-state index is -0.547. The molecule has 1 amide bonds. The second kappa shape index (κ2) is 8.03. The van der Waals surface area contributed by atoms with Crippen LogP contribution in [0, 0.1) is 5.82 Å². The monoisotopic (exact) mass is 437 g/mol. The first-order valence-electron chi connectivity index (χ1n) is 10.00. The van der Waals surface area contributed by atoms with Crippen LogP contribution < -0.4 is 10.6 Å². The van der Waals surface area contributed by atoms with Crippen LogP contribution in [0.2, 0.25) is 0 Å². The number of carbonyl (C=O) groups is 1. The third-order valence-corrected chi connectivity index (χ3v) is 6.51. The maximum atomic E-state index is 13.7. The van der Waals surface area contributed by atoms with E-state index in [0.717, 1.165) is 53.4 Å². The van der Waals surface area contributed by atoms with Gasteiger partial charge in [0.1, 0.15) is 22.3 Å². The van der Waals surface area contributed by atoms with Crippen molar-refractivity contribution in [3.63, 3.8) is 0 Å². The number of piperidine rings is 1. The number of aromatic nitrogens is 5. The molecule has 0 spiro atoms. The second-order valence-electron chi connectivity index (χ2n) is 7.58. The molecule has 0 saturated carbocycles. The predicted molar refractivity (Wildman–Crippen MR) is 116 cm³/mol. The van der Waals surface area contributed by atoms with Crippen molar-refractivity contribution in [1.29, 1.82) is 0 Å². The first-order valence-corrected chi connectivity index (χ1v) is 10.8. The van der Waals surface area contributed by atoms with Crippen molar-refractivity contribution in [2.75, 3.05) is 18.0 Å². The summed E-state index contributed by atoms with van der Waals surface area (Å²) in [6.45, 7) is 2.06. The van der Waals surface area contributed by atoms with Gasteiger partial charge in [0.25, 0.3) is 5.91 Å². The van der Waals surface area contributed by atoms with E-state index in [1.54, 1.807) is 36.9 Å². The van der Waals surface area contributed by atoms with Gasteiger partial charge in [-0.1, -0.05) is 0 Å². The van der Waals surface area contributed by atoms with Crippen molar-refractivity contribution < 1.29 is 9.18 Å². The van der Waals surface area contributed by atoms with Crippen LogP contribution in [0.5, 0.6) is 0 Å². The lowest BCUT2D eigenvalue weighted by atomic mass is 9.96. The number of rotatable bonds is 5. The van der Waals surface area contributed by atoms with Crippen LogP contribution >= 0.6 is 11.5 Å². The average molecular weight is 438 g/mol. The number of hydrogen-bond donors (Lipinski definition) is 1. The number of anilines is 1. The van der Waals surface area contributed by atoms with Gasteiger partial charge in [-0.25, -0.2) is 9.37 Å². The summed E-state index contributed by atoms with van der Waals surface area (Å²) in [5.41, 5.74) is 7.34. The van der Waals surface area contributed by atoms with E-state index in [9.17, 15) is 9.18 Å². The Balaban J connectivity index is 1.37. The zero-order valence-electron chi connectivity index (χ0n) is 16.6. The predicted octanol–water partition coefficient (Wildman–Crippen LogP) is 2.95. The molecule has 1 aliphatic heterocycles. The standard InChI is InChI=1S/C21H20FN7OS/c22-14-1-2-17-16(9-14)21(31-27-17)28-7-3-13(4-8-28)20-26-18(19(23)30)12-29(20)11-15-10-24-5-6-25-15/h1-2,5-6,9-10,12-13H,3-4,7-8,11H2,(H2,23,30). The summed E-state index contributed by atoms with van der Waals surface area (Å²) in [6, 6.07) is 4.70. The Morgan fingerprint density at radius 3 is 2.84 bits per heavy atom. The van der Waals surface area contributed by atoms with E-state index in [1.807, 2.05) is 4.57 Å². The van der Waals surface area contributed by atoms with Crippen molar-refractivity contribution in [1.82, 2.24) is 23.9 Å². The minimum Gasteiger partial charge on any atom is -0.364 e. The lowest BCUT2D eigenvalue weighted by molar-refractivity contribution is 0.0995. The van der Waals surface area contributed by atoms with Crippen molar-refractivity contribution in [2.45, 2.75) is 25.3 Å². The molecular weight excluding hydrogens is 417 g/mol. The van der Waals surface area contributed by atoms with E-state index in [1.165, 1.54) is 17.6 Å². The van der Waals surface area contributed by atoms with Gasteiger partial charge in [0, 0.05) is 43.0 Å². The van der Waals surface area contributed by atoms with Gasteiger partial charge in [0.05, 0.1) is 24.0 Å². The van der Waals surface area contributed by atoms with Crippen LogP contribution in [0.4, 0.5) is 9.39 Å². The molecule has 0 radical (unpaired) electrons. The summed E-state index contributed by atoms with van der Waals surface area (Å²) in [4.78, 5) is 27.0. The quantitative estimate of drug-likeness (QED) is 0.515. The highest BCUT2D eigenvalue weighted by Crippen LogP contribution is 2.36. The fraction of sp³-hybridized carbons (Fsp3) is 0.286. The van der Waals surface area contributed by atoms with E-state index in [2.05, 4.69) is 24.2 Å². The molecule has 3 aromatic heterocycles. The number of nitrogens with two attached hydrogens (primary N) is 1. The van der Waals surface area contributed by atoms with Gasteiger partial charge in [-0.2, -0.15) is 4.37 Å². The Kier molecular flexibility index (Phi) is 5.06. The van der Waals surface area contributed by atoms with Crippen molar-refractivity contribution >= 4 is 33.3 Å². The molecule has 31 heavy (non-hydrogen) atoms. The Labute approximate surface area is 181 Å². The van der Waals surface area contributed by atoms with Gasteiger partial charge in [-0.3, -0.25) is 14.8 Å². The highest BCUT2D eigenvalue weighted by Gasteiger charge is 2.27. The number of amides is 1. The Hall–Kier alpha value is -3.40. The number of fused-ring (bicyclic) bond motifs is 1. The summed E-state index contributed by atoms with van der Waals surface area (Å²) in [5, 5.41) is 1.84. The number of halogens is 1. The van der Waals surface area contributed by atoms with Crippen LogP contribution in [0.1, 0.15) is 40.8 Å². The average Bonchev–Trinajstić information content (AvgIpc) is 3.39. The molecule has 0 atom stereocenters. The molecule has 4 aromatic rings. The molecule has 0 aliphatic carbocycles. The Morgan fingerprint density at radius 2 is 2.10 bits per heavy atom. The third-order valence-electron chi connectivity index (χ3n) is 5.58. The van der Waals surface area contributed by atoms with Gasteiger partial charge in [-0.15, -0.1) is 0 Å². The molecule has 1 saturated heterocycles. The van der Waals surface area contributed by atoms with Gasteiger partial charge in [0.15, 0.2) is 0 Å². The number of nitrogens with zero attached hydrogens (tertiary/aromatic N) is 6. The summed E-state index contributed by atoms with van der Waals surface area (Å²) in [7, 11) is 0. The normalized spacial score (nSPS) is 14.9. The zero-order valence-corrected chi connectivity index (χ0v) is 17.4. The summed E-state index contributed by atoms with van der Waals surface area (Å²) in [5.74, 6) is 0.208. The number of hydrogen-bond acceptors (Lipinski definition) is 7.